The summed E-state index contributed by atoms with van der Waals surface area (Å²) in [5.41, 5.74) is 3.85. The maximum atomic E-state index is 12.5. The molecule has 148 valence electrons. The molecule has 0 fully saturated rings. The molecule has 0 amide bonds. The van der Waals surface area contributed by atoms with Crippen molar-refractivity contribution in [3.05, 3.63) is 91.1 Å². The molecule has 0 aliphatic heterocycles. The molecule has 4 rings (SSSR count). The first kappa shape index (κ1) is 21.2. The van der Waals surface area contributed by atoms with Gasteiger partial charge in [0.1, 0.15) is 0 Å². The molecular weight excluding hydrogens is 607 g/mol. The minimum absolute atomic E-state index is 0.166. The molecule has 1 aliphatic rings. The van der Waals surface area contributed by atoms with Gasteiger partial charge in [-0.1, -0.05) is 42.5 Å². The van der Waals surface area contributed by atoms with Crippen LogP contribution >= 0.6 is 0 Å². The van der Waals surface area contributed by atoms with E-state index in [2.05, 4.69) is 42.5 Å². The first-order valence-electron chi connectivity index (χ1n) is 7.82. The van der Waals surface area contributed by atoms with Crippen LogP contribution in [-0.2, 0) is 0 Å². The molecule has 28 heavy (non-hydrogen) atoms. The third-order valence-corrected chi connectivity index (χ3v) is 6.28. The molecule has 0 saturated carbocycles. The van der Waals surface area contributed by atoms with Crippen LogP contribution in [0.15, 0.2) is 72.8 Å². The van der Waals surface area contributed by atoms with Gasteiger partial charge in [-0.15, -0.1) is 0 Å². The van der Waals surface area contributed by atoms with Crippen molar-refractivity contribution in [3.8, 4) is 11.1 Å². The summed E-state index contributed by atoms with van der Waals surface area (Å²) in [4.78, 5) is 12.5. The molecule has 3 aromatic carbocycles. The van der Waals surface area contributed by atoms with E-state index in [0.29, 0.717) is 0 Å². The van der Waals surface area contributed by atoms with Crippen molar-refractivity contribution in [3.63, 3.8) is 0 Å². The van der Waals surface area contributed by atoms with Crippen LogP contribution in [0, 0.1) is 7.14 Å². The zero-order chi connectivity index (χ0) is 20.6. The average Bonchev–Trinajstić information content (AvgIpc) is 2.86. The van der Waals surface area contributed by atoms with Crippen LogP contribution in [-0.4, -0.2) is 25.3 Å². The molecule has 9 heteroatoms. The summed E-state index contributed by atoms with van der Waals surface area (Å²) < 4.78 is 62.2. The van der Waals surface area contributed by atoms with Crippen molar-refractivity contribution in [1.82, 2.24) is 0 Å². The van der Waals surface area contributed by atoms with Crippen molar-refractivity contribution >= 4 is 25.3 Å². The van der Waals surface area contributed by atoms with E-state index < -0.39 is 19.5 Å². The molecule has 0 spiro atoms. The number of hydrogen-bond acceptors (Lipinski definition) is 1. The number of hydrogen-bond donors (Lipinski definition) is 0. The fourth-order valence-corrected chi connectivity index (χ4v) is 4.98. The average molecular weight is 619 g/mol. The van der Waals surface area contributed by atoms with E-state index in [9.17, 15) is 21.7 Å². The second-order valence-corrected chi connectivity index (χ2v) is 14.4. The fraction of sp³-hybridized carbons (Fsp3) is 0. The Bertz CT molecular complexity index is 1040. The van der Waals surface area contributed by atoms with Crippen LogP contribution in [0.3, 0.4) is 0 Å². The summed E-state index contributed by atoms with van der Waals surface area (Å²) >= 11 is -11.5. The van der Waals surface area contributed by atoms with Crippen LogP contribution in [0.25, 0.3) is 11.1 Å². The molecule has 0 N–H and O–H groups in total. The van der Waals surface area contributed by atoms with E-state index in [1.165, 1.54) is 7.14 Å². The molecule has 0 radical (unpaired) electrons. The molecule has 0 atom stereocenters. The summed E-state index contributed by atoms with van der Waals surface area (Å²) in [7, 11) is 0. The molecule has 0 saturated heterocycles. The number of halogens is 7. The number of carbonyl (C=O) groups is 1. The summed E-state index contributed by atoms with van der Waals surface area (Å²) in [6.45, 7) is 0. The fourth-order valence-electron chi connectivity index (χ4n) is 2.66. The first-order valence-corrected chi connectivity index (χ1v) is 15.8. The van der Waals surface area contributed by atoms with E-state index in [-0.39, 0.29) is 27.0 Å². The quantitative estimate of drug-likeness (QED) is 0.192. The van der Waals surface area contributed by atoms with Crippen LogP contribution in [0.4, 0.5) is 16.9 Å². The zero-order valence-corrected chi connectivity index (χ0v) is 18.6. The second kappa shape index (κ2) is 6.76. The van der Waals surface area contributed by atoms with Gasteiger partial charge < -0.3 is 0 Å². The SMILES string of the molecule is O=C1c2ccccc2-c2ccc([I+]c3ccccc3)cc21.[F][Sb-]([F])([F])([F])([F])[F]. The molecule has 0 heterocycles. The van der Waals surface area contributed by atoms with Crippen molar-refractivity contribution in [2.45, 2.75) is 0 Å². The topological polar surface area (TPSA) is 17.1 Å². The Balaban J connectivity index is 0.000000279. The molecule has 3 aromatic rings. The van der Waals surface area contributed by atoms with E-state index >= 15 is 0 Å². The Morgan fingerprint density at radius 3 is 1.68 bits per heavy atom. The van der Waals surface area contributed by atoms with Gasteiger partial charge in [0, 0.05) is 17.2 Å². The third kappa shape index (κ3) is 6.24. The van der Waals surface area contributed by atoms with E-state index in [1.807, 2.05) is 30.3 Å². The number of benzene rings is 3. The molecule has 0 unspecified atom stereocenters. The van der Waals surface area contributed by atoms with Crippen molar-refractivity contribution in [1.29, 1.82) is 0 Å². The van der Waals surface area contributed by atoms with Crippen LogP contribution < -0.4 is 21.2 Å². The van der Waals surface area contributed by atoms with Gasteiger partial charge in [0.25, 0.3) is 0 Å². The number of rotatable bonds is 2. The summed E-state index contributed by atoms with van der Waals surface area (Å²) in [5.74, 6) is 0.166. The Hall–Kier alpha value is -1.54. The third-order valence-electron chi connectivity index (χ3n) is 3.64. The number of fused-ring (bicyclic) bond motifs is 3. The van der Waals surface area contributed by atoms with Crippen LogP contribution in [0.2, 0.25) is 0 Å². The van der Waals surface area contributed by atoms with Gasteiger partial charge >= 0.3 is 57.6 Å². The molecule has 1 aliphatic carbocycles. The van der Waals surface area contributed by atoms with Crippen molar-refractivity contribution in [2.24, 2.45) is 0 Å². The second-order valence-electron chi connectivity index (χ2n) is 5.91. The first-order chi connectivity index (χ1) is 12.8. The van der Waals surface area contributed by atoms with E-state index in [1.54, 1.807) is 0 Å². The van der Waals surface area contributed by atoms with Gasteiger partial charge in [-0.3, -0.25) is 4.79 Å². The van der Waals surface area contributed by atoms with Gasteiger partial charge in [-0.25, -0.2) is 0 Å². The molecular formula is C19H12F6IOSb. The van der Waals surface area contributed by atoms with Gasteiger partial charge in [0.05, 0.1) is 0 Å². The Labute approximate surface area is 169 Å². The Morgan fingerprint density at radius 2 is 1.07 bits per heavy atom. The Morgan fingerprint density at radius 1 is 0.571 bits per heavy atom. The Kier molecular flexibility index (Phi) is 5.11. The molecule has 1 nitrogen and oxygen atoms in total. The summed E-state index contributed by atoms with van der Waals surface area (Å²) in [6, 6.07) is 24.8. The van der Waals surface area contributed by atoms with Crippen molar-refractivity contribution < 1.29 is 42.9 Å². The van der Waals surface area contributed by atoms with Gasteiger partial charge in [-0.2, -0.15) is 0 Å². The van der Waals surface area contributed by atoms with Gasteiger partial charge in [0.15, 0.2) is 12.9 Å². The minimum atomic E-state index is -11.2. The predicted octanol–water partition coefficient (Wildman–Crippen LogP) is 3.17. The van der Waals surface area contributed by atoms with E-state index in [4.69, 9.17) is 0 Å². The van der Waals surface area contributed by atoms with Gasteiger partial charge in [0.2, 0.25) is 0 Å². The molecule has 0 bridgehead atoms. The number of ketones is 1. The van der Waals surface area contributed by atoms with Crippen LogP contribution in [0.1, 0.15) is 15.9 Å². The van der Waals surface area contributed by atoms with Crippen LogP contribution in [0.5, 0.6) is 0 Å². The maximum absolute atomic E-state index is 12.5. The van der Waals surface area contributed by atoms with E-state index in [0.717, 1.165) is 22.3 Å². The summed E-state index contributed by atoms with van der Waals surface area (Å²) in [5, 5.41) is 0. The number of carbonyl (C=O) groups excluding carboxylic acids is 1. The molecule has 0 aromatic heterocycles. The van der Waals surface area contributed by atoms with Gasteiger partial charge in [-0.05, 0) is 35.4 Å². The zero-order valence-electron chi connectivity index (χ0n) is 13.9. The van der Waals surface area contributed by atoms with Crippen molar-refractivity contribution in [2.75, 3.05) is 0 Å². The normalized spacial score (nSPS) is 14.9. The summed E-state index contributed by atoms with van der Waals surface area (Å²) in [6.07, 6.45) is 0. The standard InChI is InChI=1S/C19H12IO.6FH.Sb/c21-19-17-9-5-4-8-15(17)16-11-10-14(12-18(16)19)20-13-6-2-1-3-7-13;;;;;;;/h1-12H;6*1H;/q+1;;;;;;;+5/p-6. The predicted molar refractivity (Wildman–Crippen MR) is 91.5 cm³/mol. The monoisotopic (exact) mass is 618 g/mol.